The highest BCUT2D eigenvalue weighted by molar-refractivity contribution is 5.72. The summed E-state index contributed by atoms with van der Waals surface area (Å²) in [5.74, 6) is -0.270. The molecule has 0 aliphatic rings. The Labute approximate surface area is 121 Å². The van der Waals surface area contributed by atoms with Crippen LogP contribution in [0.25, 0.3) is 0 Å². The van der Waals surface area contributed by atoms with Gasteiger partial charge in [0, 0.05) is 12.6 Å². The molecule has 0 saturated heterocycles. The molecule has 4 nitrogen and oxygen atoms in total. The lowest BCUT2D eigenvalue weighted by Crippen LogP contribution is -2.41. The van der Waals surface area contributed by atoms with Gasteiger partial charge in [-0.25, -0.2) is 0 Å². The molecular formula is C16H25NO3. The number of aliphatic hydroxyl groups is 1. The van der Waals surface area contributed by atoms with Crippen LogP contribution in [0, 0.1) is 0 Å². The fourth-order valence-electron chi connectivity index (χ4n) is 1.84. The van der Waals surface area contributed by atoms with E-state index in [9.17, 15) is 9.90 Å². The van der Waals surface area contributed by atoms with Gasteiger partial charge in [0.15, 0.2) is 0 Å². The van der Waals surface area contributed by atoms with E-state index < -0.39 is 5.60 Å². The molecule has 0 aromatic heterocycles. The molecule has 1 N–H and O–H groups in total. The molecule has 0 amide bonds. The fraction of sp³-hybridized carbons (Fsp3) is 0.562. The van der Waals surface area contributed by atoms with E-state index in [1.165, 1.54) is 0 Å². The molecule has 0 heterocycles. The van der Waals surface area contributed by atoms with Crippen LogP contribution in [-0.4, -0.2) is 40.8 Å². The van der Waals surface area contributed by atoms with Crippen LogP contribution in [0.2, 0.25) is 0 Å². The van der Waals surface area contributed by atoms with Crippen molar-refractivity contribution in [2.45, 2.75) is 45.9 Å². The summed E-state index contributed by atoms with van der Waals surface area (Å²) in [6, 6.07) is 9.80. The Balaban J connectivity index is 2.68. The number of carbonyl (C=O) groups is 1. The molecule has 0 aliphatic heterocycles. The maximum atomic E-state index is 11.9. The molecule has 0 aliphatic carbocycles. The van der Waals surface area contributed by atoms with Gasteiger partial charge >= 0.3 is 5.97 Å². The van der Waals surface area contributed by atoms with Gasteiger partial charge in [0.25, 0.3) is 0 Å². The van der Waals surface area contributed by atoms with E-state index >= 15 is 0 Å². The second-order valence-electron chi connectivity index (χ2n) is 6.01. The van der Waals surface area contributed by atoms with Gasteiger partial charge in [-0.15, -0.1) is 0 Å². The van der Waals surface area contributed by atoms with Gasteiger partial charge in [-0.1, -0.05) is 30.3 Å². The molecule has 0 fully saturated rings. The Morgan fingerprint density at radius 1 is 1.30 bits per heavy atom. The van der Waals surface area contributed by atoms with Crippen LogP contribution in [0.15, 0.2) is 30.3 Å². The first-order valence-corrected chi connectivity index (χ1v) is 6.92. The molecule has 0 radical (unpaired) electrons. The highest BCUT2D eigenvalue weighted by Crippen LogP contribution is 2.11. The highest BCUT2D eigenvalue weighted by Gasteiger charge is 2.21. The summed E-state index contributed by atoms with van der Waals surface area (Å²) < 4.78 is 5.34. The number of hydrogen-bond donors (Lipinski definition) is 1. The predicted molar refractivity (Wildman–Crippen MR) is 79.2 cm³/mol. The second kappa shape index (κ2) is 7.41. The standard InChI is InChI=1S/C16H25NO3/c1-13(12-18)17(10-14-8-6-5-7-9-14)11-15(19)20-16(2,3)4/h5-9,13,18H,10-12H2,1-4H3/t13-/m0/s1. The first-order valence-electron chi connectivity index (χ1n) is 6.92. The summed E-state index contributed by atoms with van der Waals surface area (Å²) in [7, 11) is 0. The number of benzene rings is 1. The summed E-state index contributed by atoms with van der Waals surface area (Å²) in [4.78, 5) is 13.9. The van der Waals surface area contributed by atoms with Crippen molar-refractivity contribution in [3.8, 4) is 0 Å². The summed E-state index contributed by atoms with van der Waals surface area (Å²) in [5, 5.41) is 9.33. The molecule has 0 spiro atoms. The van der Waals surface area contributed by atoms with E-state index in [0.29, 0.717) is 6.54 Å². The molecule has 20 heavy (non-hydrogen) atoms. The lowest BCUT2D eigenvalue weighted by molar-refractivity contribution is -0.157. The number of ether oxygens (including phenoxy) is 1. The maximum Gasteiger partial charge on any atom is 0.320 e. The van der Waals surface area contributed by atoms with Crippen LogP contribution >= 0.6 is 0 Å². The van der Waals surface area contributed by atoms with Gasteiger partial charge in [-0.05, 0) is 33.3 Å². The van der Waals surface area contributed by atoms with Crippen molar-refractivity contribution in [3.05, 3.63) is 35.9 Å². The van der Waals surface area contributed by atoms with Crippen molar-refractivity contribution in [2.24, 2.45) is 0 Å². The third-order valence-electron chi connectivity index (χ3n) is 2.87. The number of carbonyl (C=O) groups excluding carboxylic acids is 1. The van der Waals surface area contributed by atoms with Gasteiger partial charge < -0.3 is 9.84 Å². The van der Waals surface area contributed by atoms with Crippen LogP contribution in [0.5, 0.6) is 0 Å². The third kappa shape index (κ3) is 6.17. The molecule has 1 aromatic carbocycles. The average molecular weight is 279 g/mol. The van der Waals surface area contributed by atoms with E-state index in [-0.39, 0.29) is 25.2 Å². The van der Waals surface area contributed by atoms with Crippen molar-refractivity contribution in [1.82, 2.24) is 4.90 Å². The molecule has 4 heteroatoms. The summed E-state index contributed by atoms with van der Waals surface area (Å²) in [5.41, 5.74) is 0.620. The Bertz CT molecular complexity index is 411. The van der Waals surface area contributed by atoms with E-state index in [4.69, 9.17) is 4.74 Å². The number of nitrogens with zero attached hydrogens (tertiary/aromatic N) is 1. The summed E-state index contributed by atoms with van der Waals surface area (Å²) >= 11 is 0. The monoisotopic (exact) mass is 279 g/mol. The zero-order valence-corrected chi connectivity index (χ0v) is 12.8. The number of aliphatic hydroxyl groups excluding tert-OH is 1. The van der Waals surface area contributed by atoms with Crippen LogP contribution in [0.3, 0.4) is 0 Å². The smallest absolute Gasteiger partial charge is 0.320 e. The Hall–Kier alpha value is -1.39. The van der Waals surface area contributed by atoms with Crippen molar-refractivity contribution >= 4 is 5.97 Å². The van der Waals surface area contributed by atoms with Crippen molar-refractivity contribution < 1.29 is 14.6 Å². The molecule has 112 valence electrons. The molecule has 1 atom stereocenters. The zero-order chi connectivity index (χ0) is 15.2. The van der Waals surface area contributed by atoms with Crippen LogP contribution in [0.1, 0.15) is 33.3 Å². The minimum atomic E-state index is -0.488. The van der Waals surface area contributed by atoms with Crippen molar-refractivity contribution in [1.29, 1.82) is 0 Å². The van der Waals surface area contributed by atoms with Crippen molar-refractivity contribution in [2.75, 3.05) is 13.2 Å². The molecular weight excluding hydrogens is 254 g/mol. The van der Waals surface area contributed by atoms with Crippen molar-refractivity contribution in [3.63, 3.8) is 0 Å². The highest BCUT2D eigenvalue weighted by atomic mass is 16.6. The quantitative estimate of drug-likeness (QED) is 0.811. The first-order chi connectivity index (χ1) is 9.31. The van der Waals surface area contributed by atoms with E-state index in [2.05, 4.69) is 0 Å². The van der Waals surface area contributed by atoms with Gasteiger partial charge in [0.1, 0.15) is 5.60 Å². The minimum absolute atomic E-state index is 0.00955. The Morgan fingerprint density at radius 2 is 1.90 bits per heavy atom. The molecule has 1 aromatic rings. The molecule has 0 unspecified atom stereocenters. The van der Waals surface area contributed by atoms with E-state index in [1.807, 2.05) is 62.9 Å². The van der Waals surface area contributed by atoms with Crippen LogP contribution in [-0.2, 0) is 16.1 Å². The zero-order valence-electron chi connectivity index (χ0n) is 12.8. The van der Waals surface area contributed by atoms with Crippen LogP contribution < -0.4 is 0 Å². The van der Waals surface area contributed by atoms with Gasteiger partial charge in [-0.2, -0.15) is 0 Å². The van der Waals surface area contributed by atoms with Gasteiger partial charge in [-0.3, -0.25) is 9.69 Å². The van der Waals surface area contributed by atoms with E-state index in [0.717, 1.165) is 5.56 Å². The minimum Gasteiger partial charge on any atom is -0.459 e. The average Bonchev–Trinajstić information content (AvgIpc) is 2.36. The predicted octanol–water partition coefficient (Wildman–Crippen LogP) is 2.21. The fourth-order valence-corrected chi connectivity index (χ4v) is 1.84. The van der Waals surface area contributed by atoms with Gasteiger partial charge in [0.2, 0.25) is 0 Å². The van der Waals surface area contributed by atoms with E-state index in [1.54, 1.807) is 0 Å². The maximum absolute atomic E-state index is 11.9. The summed E-state index contributed by atoms with van der Waals surface area (Å²) in [6.45, 7) is 8.24. The number of esters is 1. The van der Waals surface area contributed by atoms with Gasteiger partial charge in [0.05, 0.1) is 13.2 Å². The Kier molecular flexibility index (Phi) is 6.17. The lowest BCUT2D eigenvalue weighted by Gasteiger charge is -2.28. The molecule has 0 saturated carbocycles. The summed E-state index contributed by atoms with van der Waals surface area (Å²) in [6.07, 6.45) is 0. The lowest BCUT2D eigenvalue weighted by atomic mass is 10.1. The number of rotatable bonds is 6. The molecule has 0 bridgehead atoms. The first kappa shape index (κ1) is 16.7. The molecule has 1 rings (SSSR count). The SMILES string of the molecule is C[C@@H](CO)N(CC(=O)OC(C)(C)C)Cc1ccccc1. The second-order valence-corrected chi connectivity index (χ2v) is 6.01. The largest absolute Gasteiger partial charge is 0.459 e. The number of hydrogen-bond acceptors (Lipinski definition) is 4. The normalized spacial score (nSPS) is 13.3. The Morgan fingerprint density at radius 3 is 2.40 bits per heavy atom. The third-order valence-corrected chi connectivity index (χ3v) is 2.87. The van der Waals surface area contributed by atoms with Crippen LogP contribution in [0.4, 0.5) is 0 Å². The topological polar surface area (TPSA) is 49.8 Å².